The van der Waals surface area contributed by atoms with Crippen molar-refractivity contribution in [3.63, 3.8) is 0 Å². The van der Waals surface area contributed by atoms with Gasteiger partial charge >= 0.3 is 0 Å². The minimum Gasteiger partial charge on any atom is -0.490 e. The van der Waals surface area contributed by atoms with Crippen molar-refractivity contribution in [2.75, 3.05) is 6.61 Å². The first-order chi connectivity index (χ1) is 15.9. The van der Waals surface area contributed by atoms with Crippen LogP contribution in [0.2, 0.25) is 0 Å². The van der Waals surface area contributed by atoms with Gasteiger partial charge in [-0.2, -0.15) is 4.39 Å². The van der Waals surface area contributed by atoms with Gasteiger partial charge in [0.1, 0.15) is 5.67 Å². The number of allylic oxidation sites excluding steroid dienone is 1. The summed E-state index contributed by atoms with van der Waals surface area (Å²) in [6.45, 7) is 10.3. The Labute approximate surface area is 200 Å². The Morgan fingerprint density at radius 1 is 0.909 bits per heavy atom. The predicted molar refractivity (Wildman–Crippen MR) is 132 cm³/mol. The molecule has 1 aromatic carbocycles. The molecule has 0 saturated heterocycles. The fourth-order valence-corrected chi connectivity index (χ4v) is 5.51. The van der Waals surface area contributed by atoms with Crippen LogP contribution in [0, 0.1) is 29.4 Å². The van der Waals surface area contributed by atoms with Crippen LogP contribution in [0.25, 0.3) is 0 Å². The van der Waals surface area contributed by atoms with Gasteiger partial charge in [0, 0.05) is 5.56 Å². The molecule has 0 unspecified atom stereocenters. The molecule has 0 N–H and O–H groups in total. The van der Waals surface area contributed by atoms with E-state index < -0.39 is 17.3 Å². The number of halogens is 3. The fraction of sp³-hybridized carbons (Fsp3) is 0.724. The quantitative estimate of drug-likeness (QED) is 0.246. The zero-order valence-electron chi connectivity index (χ0n) is 21.1. The molecular formula is C29H45F3O. The average Bonchev–Trinajstić information content (AvgIpc) is 2.83. The number of ether oxygens (including phenoxy) is 1. The van der Waals surface area contributed by atoms with E-state index in [1.807, 2.05) is 19.9 Å². The summed E-state index contributed by atoms with van der Waals surface area (Å²) < 4.78 is 50.5. The summed E-state index contributed by atoms with van der Waals surface area (Å²) in [4.78, 5) is 0. The second kappa shape index (κ2) is 14.1. The molecule has 0 aromatic heterocycles. The molecule has 0 heterocycles. The van der Waals surface area contributed by atoms with E-state index in [0.717, 1.165) is 50.9 Å². The van der Waals surface area contributed by atoms with Gasteiger partial charge in [0.05, 0.1) is 6.61 Å². The highest BCUT2D eigenvalue weighted by atomic mass is 19.2. The lowest BCUT2D eigenvalue weighted by Crippen LogP contribution is -2.32. The van der Waals surface area contributed by atoms with Crippen LogP contribution in [0.3, 0.4) is 0 Å². The van der Waals surface area contributed by atoms with Gasteiger partial charge in [0.25, 0.3) is 0 Å². The van der Waals surface area contributed by atoms with Gasteiger partial charge in [-0.15, -0.1) is 6.58 Å². The Kier molecular flexibility index (Phi) is 11.8. The van der Waals surface area contributed by atoms with Crippen molar-refractivity contribution < 1.29 is 17.9 Å². The number of alkyl halides is 1. The number of benzene rings is 1. The van der Waals surface area contributed by atoms with Crippen LogP contribution in [-0.4, -0.2) is 6.61 Å². The molecule has 33 heavy (non-hydrogen) atoms. The average molecular weight is 467 g/mol. The van der Waals surface area contributed by atoms with Gasteiger partial charge < -0.3 is 4.74 Å². The largest absolute Gasteiger partial charge is 0.490 e. The highest BCUT2D eigenvalue weighted by molar-refractivity contribution is 5.34. The van der Waals surface area contributed by atoms with Gasteiger partial charge in [-0.05, 0) is 87.7 Å². The molecule has 1 aromatic rings. The second-order valence-electron chi connectivity index (χ2n) is 9.90. The molecule has 2 fully saturated rings. The van der Waals surface area contributed by atoms with Crippen molar-refractivity contribution in [2.24, 2.45) is 17.8 Å². The van der Waals surface area contributed by atoms with Gasteiger partial charge in [-0.25, -0.2) is 8.78 Å². The zero-order valence-corrected chi connectivity index (χ0v) is 21.1. The Balaban J connectivity index is 0.00000187. The SMILES string of the molecule is C=CCCCCCCOc1ccc(C2(F)CCC(C3CCC(C)CC3)CC2)c(F)c1F.CC. The highest BCUT2D eigenvalue weighted by Gasteiger charge is 2.42. The van der Waals surface area contributed by atoms with Gasteiger partial charge in [-0.3, -0.25) is 0 Å². The summed E-state index contributed by atoms with van der Waals surface area (Å²) in [6.07, 6.45) is 13.9. The Morgan fingerprint density at radius 2 is 1.52 bits per heavy atom. The maximum atomic E-state index is 15.7. The maximum absolute atomic E-state index is 15.7. The molecule has 2 aliphatic rings. The molecule has 0 aliphatic heterocycles. The van der Waals surface area contributed by atoms with Gasteiger partial charge in [0.15, 0.2) is 11.6 Å². The molecule has 0 atom stereocenters. The van der Waals surface area contributed by atoms with E-state index in [0.29, 0.717) is 18.4 Å². The van der Waals surface area contributed by atoms with E-state index in [2.05, 4.69) is 13.5 Å². The standard InChI is InChI=1S/C27H39F3O.C2H6/c1-3-4-5-6-7-8-19-31-24-14-13-23(25(28)26(24)29)27(30)17-15-22(16-18-27)21-11-9-20(2)10-12-21;1-2/h3,13-14,20-22H,1,4-12,15-19H2,2H3;1-2H3. The third kappa shape index (κ3) is 7.79. The van der Waals surface area contributed by atoms with Gasteiger partial charge in [0.2, 0.25) is 5.82 Å². The molecule has 2 saturated carbocycles. The molecule has 0 amide bonds. The van der Waals surface area contributed by atoms with Crippen LogP contribution in [0.4, 0.5) is 13.2 Å². The van der Waals surface area contributed by atoms with E-state index in [9.17, 15) is 8.78 Å². The number of unbranched alkanes of at least 4 members (excludes halogenated alkanes) is 4. The number of hydrogen-bond donors (Lipinski definition) is 0. The van der Waals surface area contributed by atoms with Crippen LogP contribution in [0.15, 0.2) is 24.8 Å². The lowest BCUT2D eigenvalue weighted by molar-refractivity contribution is 0.0498. The third-order valence-electron chi connectivity index (χ3n) is 7.64. The topological polar surface area (TPSA) is 9.23 Å². The molecular weight excluding hydrogens is 421 g/mol. The van der Waals surface area contributed by atoms with Crippen molar-refractivity contribution in [3.8, 4) is 5.75 Å². The molecule has 0 bridgehead atoms. The van der Waals surface area contributed by atoms with Crippen LogP contribution >= 0.6 is 0 Å². The Bertz CT molecular complexity index is 701. The van der Waals surface area contributed by atoms with Crippen molar-refractivity contribution in [1.82, 2.24) is 0 Å². The van der Waals surface area contributed by atoms with Crippen LogP contribution in [-0.2, 0) is 5.67 Å². The van der Waals surface area contributed by atoms with Crippen LogP contribution < -0.4 is 4.74 Å². The van der Waals surface area contributed by atoms with Crippen molar-refractivity contribution in [2.45, 2.75) is 110 Å². The van der Waals surface area contributed by atoms with Crippen molar-refractivity contribution >= 4 is 0 Å². The van der Waals surface area contributed by atoms with Crippen LogP contribution in [0.1, 0.15) is 110 Å². The molecule has 188 valence electrons. The third-order valence-corrected chi connectivity index (χ3v) is 7.64. The lowest BCUT2D eigenvalue weighted by atomic mass is 9.67. The van der Waals surface area contributed by atoms with Gasteiger partial charge in [-0.1, -0.05) is 52.5 Å². The smallest absolute Gasteiger partial charge is 0.201 e. The maximum Gasteiger partial charge on any atom is 0.201 e. The zero-order chi connectivity index (χ0) is 24.3. The number of rotatable bonds is 10. The Hall–Kier alpha value is -1.45. The van der Waals surface area contributed by atoms with Crippen molar-refractivity contribution in [3.05, 3.63) is 42.0 Å². The van der Waals surface area contributed by atoms with Crippen molar-refractivity contribution in [1.29, 1.82) is 0 Å². The molecule has 3 rings (SSSR count). The second-order valence-corrected chi connectivity index (χ2v) is 9.90. The molecule has 0 spiro atoms. The summed E-state index contributed by atoms with van der Waals surface area (Å²) >= 11 is 0. The van der Waals surface area contributed by atoms with E-state index >= 15 is 4.39 Å². The predicted octanol–water partition coefficient (Wildman–Crippen LogP) is 9.69. The number of hydrogen-bond acceptors (Lipinski definition) is 1. The minimum absolute atomic E-state index is 0.110. The summed E-state index contributed by atoms with van der Waals surface area (Å²) in [5.74, 6) is -0.232. The normalized spacial score (nSPS) is 27.4. The fourth-order valence-electron chi connectivity index (χ4n) is 5.51. The monoisotopic (exact) mass is 466 g/mol. The first kappa shape index (κ1) is 27.8. The lowest BCUT2D eigenvalue weighted by Gasteiger charge is -2.40. The molecule has 4 heteroatoms. The summed E-state index contributed by atoms with van der Waals surface area (Å²) in [5.41, 5.74) is -1.90. The van der Waals surface area contributed by atoms with Crippen LogP contribution in [0.5, 0.6) is 5.75 Å². The van der Waals surface area contributed by atoms with E-state index in [1.165, 1.54) is 37.8 Å². The van der Waals surface area contributed by atoms with E-state index in [-0.39, 0.29) is 24.2 Å². The highest BCUT2D eigenvalue weighted by Crippen LogP contribution is 2.48. The molecule has 0 radical (unpaired) electrons. The first-order valence-electron chi connectivity index (χ1n) is 13.4. The van der Waals surface area contributed by atoms with E-state index in [1.54, 1.807) is 0 Å². The summed E-state index contributed by atoms with van der Waals surface area (Å²) in [5, 5.41) is 0. The van der Waals surface area contributed by atoms with E-state index in [4.69, 9.17) is 4.74 Å². The molecule has 2 aliphatic carbocycles. The molecule has 1 nitrogen and oxygen atoms in total. The Morgan fingerprint density at radius 3 is 2.15 bits per heavy atom. The first-order valence-corrected chi connectivity index (χ1v) is 13.4. The summed E-state index contributed by atoms with van der Waals surface area (Å²) in [6, 6.07) is 2.81. The minimum atomic E-state index is -1.77. The summed E-state index contributed by atoms with van der Waals surface area (Å²) in [7, 11) is 0.